The molecule has 1 heterocycles. The molecule has 0 radical (unpaired) electrons. The van der Waals surface area contributed by atoms with Gasteiger partial charge in [0.1, 0.15) is 0 Å². The first-order valence-corrected chi connectivity index (χ1v) is 7.11. The van der Waals surface area contributed by atoms with Crippen LogP contribution in [0.5, 0.6) is 0 Å². The summed E-state index contributed by atoms with van der Waals surface area (Å²) in [6, 6.07) is 0. The number of rotatable bonds is 9. The maximum absolute atomic E-state index is 5.66. The van der Waals surface area contributed by atoms with E-state index in [1.54, 1.807) is 0 Å². The van der Waals surface area contributed by atoms with E-state index in [1.165, 1.54) is 37.9 Å². The van der Waals surface area contributed by atoms with Crippen molar-refractivity contribution in [2.45, 2.75) is 51.2 Å². The SMILES string of the molecule is CCCC(CCC)CCOCC1CS1. The number of hydrogen-bond acceptors (Lipinski definition) is 2. The van der Waals surface area contributed by atoms with Crippen molar-refractivity contribution in [1.29, 1.82) is 0 Å². The van der Waals surface area contributed by atoms with E-state index in [-0.39, 0.29) is 0 Å². The van der Waals surface area contributed by atoms with Crippen LogP contribution in [-0.2, 0) is 4.74 Å². The predicted octanol–water partition coefficient (Wildman–Crippen LogP) is 3.72. The fraction of sp³-hybridized carbons (Fsp3) is 1.00. The predicted molar refractivity (Wildman–Crippen MR) is 65.0 cm³/mol. The second-order valence-corrected chi connectivity index (χ2v) is 5.60. The van der Waals surface area contributed by atoms with Gasteiger partial charge in [0.05, 0.1) is 6.61 Å². The summed E-state index contributed by atoms with van der Waals surface area (Å²) in [6.45, 7) is 6.55. The van der Waals surface area contributed by atoms with Crippen LogP contribution in [0.1, 0.15) is 46.0 Å². The van der Waals surface area contributed by atoms with E-state index in [0.29, 0.717) is 0 Å². The Balaban J connectivity index is 1.93. The molecular weight excluding hydrogens is 192 g/mol. The maximum Gasteiger partial charge on any atom is 0.0593 e. The summed E-state index contributed by atoms with van der Waals surface area (Å²) in [7, 11) is 0. The van der Waals surface area contributed by atoms with E-state index >= 15 is 0 Å². The molecule has 1 aliphatic heterocycles. The Morgan fingerprint density at radius 2 is 1.86 bits per heavy atom. The van der Waals surface area contributed by atoms with Gasteiger partial charge in [0, 0.05) is 17.6 Å². The van der Waals surface area contributed by atoms with Gasteiger partial charge in [0.25, 0.3) is 0 Å². The highest BCUT2D eigenvalue weighted by Crippen LogP contribution is 2.30. The Bertz CT molecular complexity index is 128. The second-order valence-electron chi connectivity index (χ2n) is 4.26. The first-order chi connectivity index (χ1) is 6.86. The third-order valence-corrected chi connectivity index (χ3v) is 3.71. The molecule has 0 amide bonds. The van der Waals surface area contributed by atoms with E-state index < -0.39 is 0 Å². The lowest BCUT2D eigenvalue weighted by Gasteiger charge is -2.14. The highest BCUT2D eigenvalue weighted by Gasteiger charge is 2.22. The average molecular weight is 216 g/mol. The van der Waals surface area contributed by atoms with Gasteiger partial charge in [-0.05, 0) is 12.3 Å². The van der Waals surface area contributed by atoms with Gasteiger partial charge in [0.2, 0.25) is 0 Å². The number of thioether (sulfide) groups is 1. The second kappa shape index (κ2) is 7.58. The van der Waals surface area contributed by atoms with Crippen LogP contribution in [0.2, 0.25) is 0 Å². The van der Waals surface area contributed by atoms with Crippen LogP contribution in [0.3, 0.4) is 0 Å². The Labute approximate surface area is 93.0 Å². The molecule has 0 spiro atoms. The van der Waals surface area contributed by atoms with Crippen molar-refractivity contribution in [2.24, 2.45) is 5.92 Å². The summed E-state index contributed by atoms with van der Waals surface area (Å²) in [5, 5.41) is 0.839. The van der Waals surface area contributed by atoms with Gasteiger partial charge in [-0.1, -0.05) is 39.5 Å². The zero-order valence-corrected chi connectivity index (χ0v) is 10.4. The van der Waals surface area contributed by atoms with Crippen LogP contribution < -0.4 is 0 Å². The van der Waals surface area contributed by atoms with Crippen LogP contribution in [0.25, 0.3) is 0 Å². The zero-order chi connectivity index (χ0) is 10.2. The van der Waals surface area contributed by atoms with Gasteiger partial charge in [-0.25, -0.2) is 0 Å². The molecule has 2 heteroatoms. The highest BCUT2D eigenvalue weighted by atomic mass is 32.2. The fourth-order valence-electron chi connectivity index (χ4n) is 1.88. The lowest BCUT2D eigenvalue weighted by molar-refractivity contribution is 0.124. The smallest absolute Gasteiger partial charge is 0.0593 e. The molecule has 0 saturated carbocycles. The third kappa shape index (κ3) is 5.92. The lowest BCUT2D eigenvalue weighted by Crippen LogP contribution is -2.08. The quantitative estimate of drug-likeness (QED) is 0.429. The summed E-state index contributed by atoms with van der Waals surface area (Å²) in [5.74, 6) is 2.24. The van der Waals surface area contributed by atoms with E-state index in [4.69, 9.17) is 4.74 Å². The molecule has 1 unspecified atom stereocenters. The fourth-order valence-corrected chi connectivity index (χ4v) is 2.30. The molecule has 0 aromatic rings. The minimum Gasteiger partial charge on any atom is -0.380 e. The molecule has 0 N–H and O–H groups in total. The van der Waals surface area contributed by atoms with Crippen LogP contribution in [0.4, 0.5) is 0 Å². The van der Waals surface area contributed by atoms with E-state index in [2.05, 4.69) is 13.8 Å². The van der Waals surface area contributed by atoms with Crippen LogP contribution >= 0.6 is 11.8 Å². The maximum atomic E-state index is 5.66. The molecule has 0 aliphatic carbocycles. The van der Waals surface area contributed by atoms with Crippen LogP contribution in [0, 0.1) is 5.92 Å². The van der Waals surface area contributed by atoms with Crippen molar-refractivity contribution in [3.63, 3.8) is 0 Å². The molecule has 1 atom stereocenters. The van der Waals surface area contributed by atoms with Crippen molar-refractivity contribution < 1.29 is 4.74 Å². The topological polar surface area (TPSA) is 9.23 Å². The molecule has 14 heavy (non-hydrogen) atoms. The summed E-state index contributed by atoms with van der Waals surface area (Å²) in [4.78, 5) is 0. The van der Waals surface area contributed by atoms with Gasteiger partial charge in [-0.15, -0.1) is 0 Å². The monoisotopic (exact) mass is 216 g/mol. The summed E-state index contributed by atoms with van der Waals surface area (Å²) in [6.07, 6.45) is 6.69. The minimum absolute atomic E-state index is 0.839. The molecular formula is C12H24OS. The molecule has 1 saturated heterocycles. The van der Waals surface area contributed by atoms with E-state index in [1.807, 2.05) is 11.8 Å². The molecule has 84 valence electrons. The van der Waals surface area contributed by atoms with Crippen LogP contribution in [0.15, 0.2) is 0 Å². The first kappa shape index (κ1) is 12.4. The summed E-state index contributed by atoms with van der Waals surface area (Å²) >= 11 is 2.02. The number of ether oxygens (including phenoxy) is 1. The average Bonchev–Trinajstić information content (AvgIpc) is 2.96. The van der Waals surface area contributed by atoms with E-state index in [9.17, 15) is 0 Å². The Kier molecular flexibility index (Phi) is 6.70. The molecule has 1 aliphatic rings. The Hall–Kier alpha value is 0.310. The van der Waals surface area contributed by atoms with Crippen molar-refractivity contribution in [1.82, 2.24) is 0 Å². The highest BCUT2D eigenvalue weighted by molar-refractivity contribution is 8.06. The summed E-state index contributed by atoms with van der Waals surface area (Å²) < 4.78 is 5.66. The van der Waals surface area contributed by atoms with Crippen molar-refractivity contribution in [3.8, 4) is 0 Å². The van der Waals surface area contributed by atoms with Crippen molar-refractivity contribution in [2.75, 3.05) is 19.0 Å². The van der Waals surface area contributed by atoms with Crippen LogP contribution in [-0.4, -0.2) is 24.2 Å². The largest absolute Gasteiger partial charge is 0.380 e. The first-order valence-electron chi connectivity index (χ1n) is 6.06. The Morgan fingerprint density at radius 3 is 2.36 bits per heavy atom. The lowest BCUT2D eigenvalue weighted by atomic mass is 9.95. The molecule has 0 aromatic carbocycles. The van der Waals surface area contributed by atoms with Gasteiger partial charge >= 0.3 is 0 Å². The zero-order valence-electron chi connectivity index (χ0n) is 9.63. The van der Waals surface area contributed by atoms with Crippen molar-refractivity contribution in [3.05, 3.63) is 0 Å². The normalized spacial score (nSPS) is 20.4. The van der Waals surface area contributed by atoms with Gasteiger partial charge < -0.3 is 4.74 Å². The molecule has 1 nitrogen and oxygen atoms in total. The minimum atomic E-state index is 0.839. The standard InChI is InChI=1S/C12H24OS/c1-3-5-11(6-4-2)7-8-13-9-12-10-14-12/h11-12H,3-10H2,1-2H3. The molecule has 0 bridgehead atoms. The van der Waals surface area contributed by atoms with Gasteiger partial charge in [0.15, 0.2) is 0 Å². The molecule has 0 aromatic heterocycles. The summed E-state index contributed by atoms with van der Waals surface area (Å²) in [5.41, 5.74) is 0. The van der Waals surface area contributed by atoms with Gasteiger partial charge in [-0.3, -0.25) is 0 Å². The van der Waals surface area contributed by atoms with Crippen molar-refractivity contribution >= 4 is 11.8 Å². The van der Waals surface area contributed by atoms with Gasteiger partial charge in [-0.2, -0.15) is 11.8 Å². The molecule has 1 rings (SSSR count). The van der Waals surface area contributed by atoms with E-state index in [0.717, 1.165) is 24.4 Å². The third-order valence-electron chi connectivity index (χ3n) is 2.77. The molecule has 1 fully saturated rings. The number of hydrogen-bond donors (Lipinski definition) is 0. The Morgan fingerprint density at radius 1 is 1.21 bits per heavy atom.